The van der Waals surface area contributed by atoms with Gasteiger partial charge in [-0.2, -0.15) is 0 Å². The molecule has 2 rings (SSSR count). The number of nitrogens with one attached hydrogen (secondary N) is 1. The summed E-state index contributed by atoms with van der Waals surface area (Å²) in [4.78, 5) is 13.2. The van der Waals surface area contributed by atoms with Crippen LogP contribution in [0.4, 0.5) is 0 Å². The van der Waals surface area contributed by atoms with Crippen LogP contribution in [0, 0.1) is 5.92 Å². The van der Waals surface area contributed by atoms with Gasteiger partial charge in [-0.05, 0) is 12.3 Å². The molecule has 0 atom stereocenters. The van der Waals surface area contributed by atoms with Crippen LogP contribution in [0.5, 0.6) is 0 Å². The fourth-order valence-corrected chi connectivity index (χ4v) is 1.90. The van der Waals surface area contributed by atoms with E-state index in [9.17, 15) is 0 Å². The third-order valence-corrected chi connectivity index (χ3v) is 2.91. The van der Waals surface area contributed by atoms with Gasteiger partial charge in [0, 0.05) is 5.38 Å². The third-order valence-electron chi connectivity index (χ3n) is 2.27. The molecule has 4 nitrogen and oxygen atoms in total. The van der Waals surface area contributed by atoms with Gasteiger partial charge in [-0.3, -0.25) is 10.2 Å². The van der Waals surface area contributed by atoms with Gasteiger partial charge in [0.05, 0.1) is 11.2 Å². The van der Waals surface area contributed by atoms with Crippen LogP contribution in [0.2, 0.25) is 0 Å². The quantitative estimate of drug-likeness (QED) is 0.342. The number of hydrogen-bond acceptors (Lipinski definition) is 4. The van der Waals surface area contributed by atoms with Crippen molar-refractivity contribution in [3.05, 3.63) is 16.6 Å². The van der Waals surface area contributed by atoms with E-state index < -0.39 is 0 Å². The van der Waals surface area contributed by atoms with E-state index >= 15 is 0 Å². The van der Waals surface area contributed by atoms with Gasteiger partial charge in [-0.1, -0.05) is 19.3 Å². The van der Waals surface area contributed by atoms with Gasteiger partial charge in [0.25, 0.3) is 0 Å². The summed E-state index contributed by atoms with van der Waals surface area (Å²) in [5.74, 6) is 5.37. The lowest BCUT2D eigenvalue weighted by Crippen LogP contribution is -2.18. The van der Waals surface area contributed by atoms with Gasteiger partial charge >= 0.3 is 0 Å². The number of rotatable bonds is 3. The third kappa shape index (κ3) is 3.85. The Bertz CT molecular complexity index is 247. The van der Waals surface area contributed by atoms with E-state index in [1.807, 2.05) is 5.51 Å². The van der Waals surface area contributed by atoms with Crippen LogP contribution in [-0.4, -0.2) is 11.4 Å². The molecule has 5 heteroatoms. The van der Waals surface area contributed by atoms with Gasteiger partial charge in [0.1, 0.15) is 0 Å². The van der Waals surface area contributed by atoms with Crippen LogP contribution in [0.3, 0.4) is 0 Å². The maximum atomic E-state index is 8.94. The Morgan fingerprint density at radius 1 is 1.71 bits per heavy atom. The molecular formula is C9H15N3OS. The van der Waals surface area contributed by atoms with Crippen LogP contribution in [0.25, 0.3) is 0 Å². The largest absolute Gasteiger partial charge is 0.297 e. The smallest absolute Gasteiger partial charge is 0.221 e. The van der Waals surface area contributed by atoms with E-state index in [1.165, 1.54) is 31.4 Å². The highest BCUT2D eigenvalue weighted by molar-refractivity contribution is 7.07. The summed E-state index contributed by atoms with van der Waals surface area (Å²) in [7, 11) is 0. The van der Waals surface area contributed by atoms with Gasteiger partial charge in [-0.15, -0.1) is 11.3 Å². The van der Waals surface area contributed by atoms with Gasteiger partial charge in [-0.25, -0.2) is 10.8 Å². The lowest BCUT2D eigenvalue weighted by molar-refractivity contribution is -0.109. The molecule has 3 N–H and O–H groups in total. The molecule has 0 aliphatic heterocycles. The van der Waals surface area contributed by atoms with Crippen LogP contribution >= 0.6 is 11.3 Å². The topological polar surface area (TPSA) is 68.0 Å². The van der Waals surface area contributed by atoms with Crippen molar-refractivity contribution < 1.29 is 4.79 Å². The SMILES string of the molecule is NNC=O.c1nc(CC2CCC2)cs1. The minimum atomic E-state index is 0.403. The zero-order valence-electron chi connectivity index (χ0n) is 7.98. The number of thiazole rings is 1. The maximum absolute atomic E-state index is 8.94. The molecule has 1 amide bonds. The molecule has 1 aromatic rings. The molecule has 78 valence electrons. The number of aromatic nitrogens is 1. The van der Waals surface area contributed by atoms with Crippen molar-refractivity contribution >= 4 is 17.7 Å². The molecule has 1 fully saturated rings. The molecule has 0 radical (unpaired) electrons. The highest BCUT2D eigenvalue weighted by Gasteiger charge is 2.17. The van der Waals surface area contributed by atoms with Crippen LogP contribution < -0.4 is 11.3 Å². The Kier molecular flexibility index (Phi) is 5.17. The molecule has 1 saturated carbocycles. The number of hydrogen-bond donors (Lipinski definition) is 2. The predicted octanol–water partition coefficient (Wildman–Crippen LogP) is 1.09. The van der Waals surface area contributed by atoms with E-state index in [0.717, 1.165) is 5.92 Å². The monoisotopic (exact) mass is 213 g/mol. The summed E-state index contributed by atoms with van der Waals surface area (Å²) >= 11 is 1.71. The number of hydrazine groups is 1. The molecule has 0 bridgehead atoms. The second-order valence-electron chi connectivity index (χ2n) is 3.27. The second kappa shape index (κ2) is 6.50. The molecule has 0 saturated heterocycles. The Morgan fingerprint density at radius 2 is 2.43 bits per heavy atom. The Balaban J connectivity index is 0.000000213. The van der Waals surface area contributed by atoms with Gasteiger partial charge in [0.15, 0.2) is 0 Å². The van der Waals surface area contributed by atoms with Crippen molar-refractivity contribution in [3.8, 4) is 0 Å². The molecule has 0 unspecified atom stereocenters. The Labute approximate surface area is 87.5 Å². The predicted molar refractivity (Wildman–Crippen MR) is 56.5 cm³/mol. The molecule has 1 aliphatic carbocycles. The molecule has 14 heavy (non-hydrogen) atoms. The fraction of sp³-hybridized carbons (Fsp3) is 0.556. The van der Waals surface area contributed by atoms with Crippen LogP contribution in [-0.2, 0) is 11.2 Å². The molecular weight excluding hydrogens is 198 g/mol. The number of carbonyl (C=O) groups excluding carboxylic acids is 1. The van der Waals surface area contributed by atoms with E-state index in [0.29, 0.717) is 6.41 Å². The van der Waals surface area contributed by atoms with Crippen LogP contribution in [0.15, 0.2) is 10.9 Å². The number of nitrogens with zero attached hydrogens (tertiary/aromatic N) is 1. The first-order valence-electron chi connectivity index (χ1n) is 4.63. The average molecular weight is 213 g/mol. The van der Waals surface area contributed by atoms with E-state index in [2.05, 4.69) is 16.2 Å². The maximum Gasteiger partial charge on any atom is 0.221 e. The number of nitrogens with two attached hydrogens (primary N) is 1. The molecule has 0 spiro atoms. The summed E-state index contributed by atoms with van der Waals surface area (Å²) in [6.07, 6.45) is 5.92. The summed E-state index contributed by atoms with van der Waals surface area (Å²) in [5, 5.41) is 2.16. The summed E-state index contributed by atoms with van der Waals surface area (Å²) in [6.45, 7) is 0. The lowest BCUT2D eigenvalue weighted by Gasteiger charge is -2.24. The summed E-state index contributed by atoms with van der Waals surface area (Å²) in [6, 6.07) is 0. The minimum absolute atomic E-state index is 0.403. The highest BCUT2D eigenvalue weighted by Crippen LogP contribution is 2.29. The zero-order chi connectivity index (χ0) is 10.2. The lowest BCUT2D eigenvalue weighted by atomic mass is 9.82. The number of amides is 1. The summed E-state index contributed by atoms with van der Waals surface area (Å²) in [5.41, 5.74) is 4.98. The molecule has 1 aromatic heterocycles. The van der Waals surface area contributed by atoms with Crippen molar-refractivity contribution in [3.63, 3.8) is 0 Å². The Morgan fingerprint density at radius 3 is 2.79 bits per heavy atom. The van der Waals surface area contributed by atoms with Crippen molar-refractivity contribution in [1.82, 2.24) is 10.4 Å². The van der Waals surface area contributed by atoms with Crippen LogP contribution in [0.1, 0.15) is 25.0 Å². The first kappa shape index (κ1) is 11.1. The Hall–Kier alpha value is -0.940. The van der Waals surface area contributed by atoms with Gasteiger partial charge < -0.3 is 0 Å². The fourth-order valence-electron chi connectivity index (χ4n) is 1.33. The summed E-state index contributed by atoms with van der Waals surface area (Å²) < 4.78 is 0. The first-order chi connectivity index (χ1) is 6.86. The first-order valence-corrected chi connectivity index (χ1v) is 5.58. The van der Waals surface area contributed by atoms with Crippen molar-refractivity contribution in [1.29, 1.82) is 0 Å². The molecule has 1 aliphatic rings. The highest BCUT2D eigenvalue weighted by atomic mass is 32.1. The number of carbonyl (C=O) groups is 1. The standard InChI is InChI=1S/C8H11NS.CH4N2O/c1-2-7(3-1)4-8-5-10-6-9-8;2-3-1-4/h5-7H,1-4H2;1H,2H2,(H,3,4). The van der Waals surface area contributed by atoms with E-state index in [-0.39, 0.29) is 0 Å². The minimum Gasteiger partial charge on any atom is -0.297 e. The normalized spacial score (nSPS) is 14.9. The van der Waals surface area contributed by atoms with E-state index in [1.54, 1.807) is 16.8 Å². The van der Waals surface area contributed by atoms with Crippen molar-refractivity contribution in [2.45, 2.75) is 25.7 Å². The van der Waals surface area contributed by atoms with Crippen molar-refractivity contribution in [2.75, 3.05) is 0 Å². The molecule has 0 aromatic carbocycles. The van der Waals surface area contributed by atoms with E-state index in [4.69, 9.17) is 4.79 Å². The van der Waals surface area contributed by atoms with Crippen molar-refractivity contribution in [2.24, 2.45) is 11.8 Å². The zero-order valence-corrected chi connectivity index (χ0v) is 8.80. The second-order valence-corrected chi connectivity index (χ2v) is 3.98. The molecule has 1 heterocycles. The van der Waals surface area contributed by atoms with Gasteiger partial charge in [0.2, 0.25) is 6.41 Å². The average Bonchev–Trinajstić information content (AvgIpc) is 2.64.